The van der Waals surface area contributed by atoms with Gasteiger partial charge in [-0.1, -0.05) is 12.1 Å². The first-order valence-electron chi connectivity index (χ1n) is 6.34. The molecule has 1 atom stereocenters. The fraction of sp³-hybridized carbons (Fsp3) is 0.538. The highest BCUT2D eigenvalue weighted by atomic mass is 79.9. The van der Waals surface area contributed by atoms with Gasteiger partial charge in [0, 0.05) is 24.7 Å². The Labute approximate surface area is 122 Å². The highest BCUT2D eigenvalue weighted by Gasteiger charge is 2.26. The highest BCUT2D eigenvalue weighted by molar-refractivity contribution is 9.10. The molecule has 106 valence electrons. The summed E-state index contributed by atoms with van der Waals surface area (Å²) in [6.45, 7) is 1.14. The van der Waals surface area contributed by atoms with Crippen LogP contribution in [-0.2, 0) is 14.8 Å². The van der Waals surface area contributed by atoms with E-state index in [1.807, 2.05) is 0 Å². The topological polar surface area (TPSA) is 46.6 Å². The SMILES string of the molecule is CN(C[C@H]1CCCCO1)S(=O)(=O)c1ccccc1Br. The summed E-state index contributed by atoms with van der Waals surface area (Å²) in [6, 6.07) is 6.87. The number of rotatable bonds is 4. The minimum Gasteiger partial charge on any atom is -0.377 e. The second kappa shape index (κ2) is 6.35. The molecular weight excluding hydrogens is 330 g/mol. The molecule has 6 heteroatoms. The van der Waals surface area contributed by atoms with Crippen molar-refractivity contribution >= 4 is 26.0 Å². The normalized spacial score (nSPS) is 20.7. The van der Waals surface area contributed by atoms with Crippen LogP contribution in [0.15, 0.2) is 33.6 Å². The molecule has 1 aromatic carbocycles. The highest BCUT2D eigenvalue weighted by Crippen LogP contribution is 2.25. The van der Waals surface area contributed by atoms with Crippen molar-refractivity contribution in [2.75, 3.05) is 20.2 Å². The Bertz CT molecular complexity index is 526. The minimum absolute atomic E-state index is 0.0102. The second-order valence-corrected chi connectivity index (χ2v) is 7.57. The summed E-state index contributed by atoms with van der Waals surface area (Å²) < 4.78 is 32.5. The van der Waals surface area contributed by atoms with E-state index in [-0.39, 0.29) is 6.10 Å². The van der Waals surface area contributed by atoms with Crippen LogP contribution in [0, 0.1) is 0 Å². The summed E-state index contributed by atoms with van der Waals surface area (Å²) >= 11 is 3.29. The van der Waals surface area contributed by atoms with Gasteiger partial charge >= 0.3 is 0 Å². The lowest BCUT2D eigenvalue weighted by atomic mass is 10.1. The van der Waals surface area contributed by atoms with Gasteiger partial charge in [0.2, 0.25) is 10.0 Å². The molecule has 1 saturated heterocycles. The van der Waals surface area contributed by atoms with E-state index in [9.17, 15) is 8.42 Å². The van der Waals surface area contributed by atoms with Crippen molar-refractivity contribution in [3.63, 3.8) is 0 Å². The first kappa shape index (κ1) is 15.0. The zero-order chi connectivity index (χ0) is 13.9. The zero-order valence-corrected chi connectivity index (χ0v) is 13.3. The molecule has 1 aliphatic rings. The van der Waals surface area contributed by atoms with E-state index < -0.39 is 10.0 Å². The lowest BCUT2D eigenvalue weighted by molar-refractivity contribution is 0.00858. The first-order chi connectivity index (χ1) is 9.01. The molecule has 0 saturated carbocycles. The number of ether oxygens (including phenoxy) is 1. The quantitative estimate of drug-likeness (QED) is 0.840. The van der Waals surface area contributed by atoms with Gasteiger partial charge in [-0.15, -0.1) is 0 Å². The van der Waals surface area contributed by atoms with Gasteiger partial charge in [0.1, 0.15) is 0 Å². The van der Waals surface area contributed by atoms with Crippen molar-refractivity contribution in [2.24, 2.45) is 0 Å². The molecule has 1 heterocycles. The van der Waals surface area contributed by atoms with Crippen molar-refractivity contribution in [3.05, 3.63) is 28.7 Å². The molecule has 0 amide bonds. The van der Waals surface area contributed by atoms with E-state index in [4.69, 9.17) is 4.74 Å². The Morgan fingerprint density at radius 1 is 1.37 bits per heavy atom. The van der Waals surface area contributed by atoms with Gasteiger partial charge in [0.05, 0.1) is 11.0 Å². The summed E-state index contributed by atoms with van der Waals surface area (Å²) in [5.74, 6) is 0. The van der Waals surface area contributed by atoms with Crippen molar-refractivity contribution in [1.82, 2.24) is 4.31 Å². The van der Waals surface area contributed by atoms with E-state index in [0.29, 0.717) is 15.9 Å². The molecule has 0 unspecified atom stereocenters. The van der Waals surface area contributed by atoms with Crippen molar-refractivity contribution in [3.8, 4) is 0 Å². The maximum Gasteiger partial charge on any atom is 0.244 e. The number of likely N-dealkylation sites (N-methyl/N-ethyl adjacent to an activating group) is 1. The Kier molecular flexibility index (Phi) is 5.00. The third kappa shape index (κ3) is 3.56. The molecule has 1 aromatic rings. The lowest BCUT2D eigenvalue weighted by Gasteiger charge is -2.27. The largest absolute Gasteiger partial charge is 0.377 e. The van der Waals surface area contributed by atoms with Crippen molar-refractivity contribution < 1.29 is 13.2 Å². The van der Waals surface area contributed by atoms with Crippen LogP contribution in [0.5, 0.6) is 0 Å². The van der Waals surface area contributed by atoms with Crippen LogP contribution in [0.4, 0.5) is 0 Å². The van der Waals surface area contributed by atoms with Gasteiger partial charge in [-0.3, -0.25) is 0 Å². The van der Waals surface area contributed by atoms with Gasteiger partial charge in [-0.25, -0.2) is 8.42 Å². The van der Waals surface area contributed by atoms with Crippen LogP contribution in [0.1, 0.15) is 19.3 Å². The summed E-state index contributed by atoms with van der Waals surface area (Å²) in [5, 5.41) is 0. The van der Waals surface area contributed by atoms with Gasteiger partial charge < -0.3 is 4.74 Å². The molecule has 0 spiro atoms. The Hall–Kier alpha value is -0.430. The third-order valence-electron chi connectivity index (χ3n) is 3.26. The van der Waals surface area contributed by atoms with Crippen LogP contribution < -0.4 is 0 Å². The number of hydrogen-bond acceptors (Lipinski definition) is 3. The lowest BCUT2D eigenvalue weighted by Crippen LogP contribution is -2.37. The molecule has 0 aliphatic carbocycles. The number of hydrogen-bond donors (Lipinski definition) is 0. The molecule has 19 heavy (non-hydrogen) atoms. The van der Waals surface area contributed by atoms with Gasteiger partial charge in [0.25, 0.3) is 0 Å². The van der Waals surface area contributed by atoms with E-state index in [1.54, 1.807) is 31.3 Å². The predicted octanol–water partition coefficient (Wildman–Crippen LogP) is 2.64. The maximum absolute atomic E-state index is 12.5. The van der Waals surface area contributed by atoms with Gasteiger partial charge in [-0.2, -0.15) is 4.31 Å². The van der Waals surface area contributed by atoms with Crippen LogP contribution >= 0.6 is 15.9 Å². The molecule has 0 radical (unpaired) electrons. The van der Waals surface area contributed by atoms with Crippen molar-refractivity contribution in [2.45, 2.75) is 30.3 Å². The second-order valence-electron chi connectivity index (χ2n) is 4.70. The number of benzene rings is 1. The van der Waals surface area contributed by atoms with E-state index in [0.717, 1.165) is 25.9 Å². The van der Waals surface area contributed by atoms with Crippen LogP contribution in [0.25, 0.3) is 0 Å². The fourth-order valence-corrected chi connectivity index (χ4v) is 4.32. The average molecular weight is 348 g/mol. The summed E-state index contributed by atoms with van der Waals surface area (Å²) in [6.07, 6.45) is 3.11. The summed E-state index contributed by atoms with van der Waals surface area (Å²) in [7, 11) is -1.86. The molecule has 0 aromatic heterocycles. The maximum atomic E-state index is 12.5. The molecule has 0 N–H and O–H groups in total. The standard InChI is InChI=1S/C13H18BrNO3S/c1-15(10-11-6-4-5-9-18-11)19(16,17)13-8-3-2-7-12(13)14/h2-3,7-8,11H,4-6,9-10H2,1H3/t11-/m1/s1. The van der Waals surface area contributed by atoms with Gasteiger partial charge in [0.15, 0.2) is 0 Å². The molecule has 2 rings (SSSR count). The zero-order valence-electron chi connectivity index (χ0n) is 10.9. The van der Waals surface area contributed by atoms with Gasteiger partial charge in [-0.05, 0) is 47.3 Å². The number of halogens is 1. The molecule has 1 fully saturated rings. The van der Waals surface area contributed by atoms with Crippen LogP contribution in [0.3, 0.4) is 0 Å². The van der Waals surface area contributed by atoms with E-state index >= 15 is 0 Å². The Morgan fingerprint density at radius 3 is 2.74 bits per heavy atom. The Balaban J connectivity index is 2.13. The van der Waals surface area contributed by atoms with E-state index in [1.165, 1.54) is 4.31 Å². The van der Waals surface area contributed by atoms with Crippen LogP contribution in [0.2, 0.25) is 0 Å². The average Bonchev–Trinajstić information content (AvgIpc) is 2.40. The van der Waals surface area contributed by atoms with E-state index in [2.05, 4.69) is 15.9 Å². The fourth-order valence-electron chi connectivity index (χ4n) is 2.16. The van der Waals surface area contributed by atoms with Crippen LogP contribution in [-0.4, -0.2) is 39.0 Å². The number of nitrogens with zero attached hydrogens (tertiary/aromatic N) is 1. The molecule has 1 aliphatic heterocycles. The molecular formula is C13H18BrNO3S. The summed E-state index contributed by atoms with van der Waals surface area (Å²) in [4.78, 5) is 0.299. The monoisotopic (exact) mass is 347 g/mol. The molecule has 4 nitrogen and oxygen atoms in total. The Morgan fingerprint density at radius 2 is 2.11 bits per heavy atom. The van der Waals surface area contributed by atoms with Crippen molar-refractivity contribution in [1.29, 1.82) is 0 Å². The third-order valence-corrected chi connectivity index (χ3v) is 6.10. The minimum atomic E-state index is -3.46. The smallest absolute Gasteiger partial charge is 0.244 e. The summed E-state index contributed by atoms with van der Waals surface area (Å²) in [5.41, 5.74) is 0. The molecule has 0 bridgehead atoms. The predicted molar refractivity (Wildman–Crippen MR) is 77.5 cm³/mol. The number of sulfonamides is 1. The first-order valence-corrected chi connectivity index (χ1v) is 8.57.